The van der Waals surface area contributed by atoms with E-state index in [0.29, 0.717) is 0 Å². The quantitative estimate of drug-likeness (QED) is 0.881. The van der Waals surface area contributed by atoms with Gasteiger partial charge in [-0.2, -0.15) is 11.8 Å². The molecule has 2 rings (SSSR count). The lowest BCUT2D eigenvalue weighted by Gasteiger charge is -2.30. The van der Waals surface area contributed by atoms with Gasteiger partial charge < -0.3 is 5.32 Å². The van der Waals surface area contributed by atoms with E-state index in [9.17, 15) is 0 Å². The van der Waals surface area contributed by atoms with Crippen molar-refractivity contribution in [3.8, 4) is 0 Å². The van der Waals surface area contributed by atoms with Gasteiger partial charge in [0.05, 0.1) is 0 Å². The topological polar surface area (TPSA) is 55.1 Å². The number of nitrogens with one attached hydrogen (secondary N) is 1. The van der Waals surface area contributed by atoms with Gasteiger partial charge in [-0.15, -0.1) is 10.2 Å². The highest BCUT2D eigenvalue weighted by molar-refractivity contribution is 8.00. The van der Waals surface area contributed by atoms with Crippen LogP contribution in [0.25, 0.3) is 5.65 Å². The highest BCUT2D eigenvalue weighted by Crippen LogP contribution is 2.30. The third-order valence-electron chi connectivity index (χ3n) is 3.80. The molecule has 0 radical (unpaired) electrons. The third-order valence-corrected chi connectivity index (χ3v) is 5.38. The molecule has 0 saturated carbocycles. The predicted molar refractivity (Wildman–Crippen MR) is 80.8 cm³/mol. The van der Waals surface area contributed by atoms with Crippen molar-refractivity contribution in [2.45, 2.75) is 38.4 Å². The molecule has 0 saturated heterocycles. The molecule has 0 aliphatic rings. The van der Waals surface area contributed by atoms with E-state index in [1.165, 1.54) is 0 Å². The minimum Gasteiger partial charge on any atom is -0.366 e. The van der Waals surface area contributed by atoms with E-state index in [1.54, 1.807) is 6.20 Å². The van der Waals surface area contributed by atoms with Crippen molar-refractivity contribution < 1.29 is 0 Å². The number of thioether (sulfide) groups is 1. The fourth-order valence-electron chi connectivity index (χ4n) is 2.17. The first kappa shape index (κ1) is 14.1. The zero-order chi connectivity index (χ0) is 13.9. The van der Waals surface area contributed by atoms with E-state index < -0.39 is 0 Å². The zero-order valence-electron chi connectivity index (χ0n) is 12.0. The molecule has 0 atom stereocenters. The first-order valence-corrected chi connectivity index (χ1v) is 7.83. The average Bonchev–Trinajstić information content (AvgIpc) is 2.84. The minimum atomic E-state index is 0.254. The van der Waals surface area contributed by atoms with Gasteiger partial charge in [-0.3, -0.25) is 4.40 Å². The van der Waals surface area contributed by atoms with Crippen LogP contribution in [0.2, 0.25) is 0 Å². The molecule has 0 unspecified atom stereocenters. The number of aromatic nitrogens is 4. The van der Waals surface area contributed by atoms with Crippen LogP contribution in [-0.4, -0.2) is 37.1 Å². The van der Waals surface area contributed by atoms with Crippen molar-refractivity contribution >= 4 is 23.2 Å². The monoisotopic (exact) mass is 279 g/mol. The Morgan fingerprint density at radius 2 is 2.05 bits per heavy atom. The molecule has 5 nitrogen and oxygen atoms in total. The predicted octanol–water partition coefficient (Wildman–Crippen LogP) is 2.77. The van der Waals surface area contributed by atoms with Crippen molar-refractivity contribution in [2.24, 2.45) is 0 Å². The van der Waals surface area contributed by atoms with Gasteiger partial charge in [0.1, 0.15) is 5.82 Å². The van der Waals surface area contributed by atoms with Gasteiger partial charge >= 0.3 is 0 Å². The van der Waals surface area contributed by atoms with Gasteiger partial charge in [0.2, 0.25) is 5.65 Å². The molecule has 0 spiro atoms. The molecule has 2 aromatic heterocycles. The third kappa shape index (κ3) is 2.68. The van der Waals surface area contributed by atoms with E-state index in [1.807, 2.05) is 29.3 Å². The molecule has 1 N–H and O–H groups in total. The molecule has 0 aliphatic heterocycles. The van der Waals surface area contributed by atoms with Crippen LogP contribution in [0.3, 0.4) is 0 Å². The maximum absolute atomic E-state index is 4.38. The maximum Gasteiger partial charge on any atom is 0.203 e. The second-order valence-electron chi connectivity index (χ2n) is 4.66. The van der Waals surface area contributed by atoms with Crippen molar-refractivity contribution in [2.75, 3.05) is 18.1 Å². The largest absolute Gasteiger partial charge is 0.366 e. The van der Waals surface area contributed by atoms with Gasteiger partial charge in [0.15, 0.2) is 5.82 Å². The van der Waals surface area contributed by atoms with E-state index in [2.05, 4.69) is 40.6 Å². The molecule has 0 fully saturated rings. The molecule has 2 heterocycles. The lowest BCUT2D eigenvalue weighted by atomic mass is 10.0. The van der Waals surface area contributed by atoms with Crippen molar-refractivity contribution in [1.82, 2.24) is 19.6 Å². The maximum atomic E-state index is 4.38. The summed E-state index contributed by atoms with van der Waals surface area (Å²) in [6.45, 7) is 7.29. The summed E-state index contributed by atoms with van der Waals surface area (Å²) in [6.07, 6.45) is 8.10. The lowest BCUT2D eigenvalue weighted by Crippen LogP contribution is -2.32. The Hall–Kier alpha value is -1.30. The second kappa shape index (κ2) is 5.77. The number of rotatable bonds is 6. The van der Waals surface area contributed by atoms with Gasteiger partial charge in [-0.05, 0) is 26.0 Å². The van der Waals surface area contributed by atoms with Crippen LogP contribution in [0.1, 0.15) is 32.5 Å². The smallest absolute Gasteiger partial charge is 0.203 e. The fraction of sp³-hybridized carbons (Fsp3) is 0.615. The molecular weight excluding hydrogens is 258 g/mol. The van der Waals surface area contributed by atoms with Gasteiger partial charge in [0.25, 0.3) is 0 Å². The zero-order valence-corrected chi connectivity index (χ0v) is 12.8. The Morgan fingerprint density at radius 3 is 2.68 bits per heavy atom. The number of nitrogens with zero attached hydrogens (tertiary/aromatic N) is 4. The number of aryl methyl sites for hydroxylation is 1. The molecule has 0 amide bonds. The molecule has 0 aromatic carbocycles. The first-order chi connectivity index (χ1) is 9.15. The summed E-state index contributed by atoms with van der Waals surface area (Å²) < 4.78 is 2.21. The van der Waals surface area contributed by atoms with Crippen molar-refractivity contribution in [3.63, 3.8) is 0 Å². The van der Waals surface area contributed by atoms with Gasteiger partial charge in [0, 0.05) is 23.7 Å². The van der Waals surface area contributed by atoms with Crippen LogP contribution >= 0.6 is 11.8 Å². The van der Waals surface area contributed by atoms with Crippen LogP contribution in [0.5, 0.6) is 0 Å². The number of hydrogen-bond acceptors (Lipinski definition) is 5. The highest BCUT2D eigenvalue weighted by atomic mass is 32.2. The Labute approximate surface area is 118 Å². The molecule has 6 heteroatoms. The normalized spacial score (nSPS) is 12.0. The summed E-state index contributed by atoms with van der Waals surface area (Å²) >= 11 is 1.91. The van der Waals surface area contributed by atoms with Crippen LogP contribution in [0.4, 0.5) is 5.82 Å². The van der Waals surface area contributed by atoms with Crippen molar-refractivity contribution in [1.29, 1.82) is 0 Å². The van der Waals surface area contributed by atoms with E-state index in [0.717, 1.165) is 36.7 Å². The Balaban J connectivity index is 2.22. The molecule has 0 bridgehead atoms. The molecular formula is C13H21N5S. The molecule has 19 heavy (non-hydrogen) atoms. The van der Waals surface area contributed by atoms with Crippen molar-refractivity contribution in [3.05, 3.63) is 18.2 Å². The highest BCUT2D eigenvalue weighted by Gasteiger charge is 2.25. The van der Waals surface area contributed by atoms with E-state index >= 15 is 0 Å². The molecule has 104 valence electrons. The Bertz CT molecular complexity index is 539. The van der Waals surface area contributed by atoms with Crippen LogP contribution in [-0.2, 0) is 0 Å². The Kier molecular flexibility index (Phi) is 4.29. The SMILES string of the molecule is CCC(CC)(CNc1nccn2c(C)nnc12)SC. The number of hydrogen-bond donors (Lipinski definition) is 1. The first-order valence-electron chi connectivity index (χ1n) is 6.61. The fourth-order valence-corrected chi connectivity index (χ4v) is 2.97. The van der Waals surface area contributed by atoms with Crippen LogP contribution < -0.4 is 5.32 Å². The van der Waals surface area contributed by atoms with Gasteiger partial charge in [-0.1, -0.05) is 13.8 Å². The molecule has 0 aliphatic carbocycles. The Morgan fingerprint density at radius 1 is 1.32 bits per heavy atom. The summed E-state index contributed by atoms with van der Waals surface area (Å²) in [4.78, 5) is 4.38. The average molecular weight is 279 g/mol. The van der Waals surface area contributed by atoms with Crippen LogP contribution in [0.15, 0.2) is 12.4 Å². The molecule has 2 aromatic rings. The number of anilines is 1. The number of fused-ring (bicyclic) bond motifs is 1. The second-order valence-corrected chi connectivity index (χ2v) is 5.94. The lowest BCUT2D eigenvalue weighted by molar-refractivity contribution is 0.574. The van der Waals surface area contributed by atoms with Crippen LogP contribution in [0, 0.1) is 6.92 Å². The standard InChI is InChI=1S/C13H21N5S/c1-5-13(6-2,19-4)9-15-11-12-17-16-10(3)18(12)8-7-14-11/h7-8H,5-6,9H2,1-4H3,(H,14,15). The van der Waals surface area contributed by atoms with E-state index in [-0.39, 0.29) is 4.75 Å². The summed E-state index contributed by atoms with van der Waals surface area (Å²) in [5, 5.41) is 11.7. The summed E-state index contributed by atoms with van der Waals surface area (Å²) in [7, 11) is 0. The summed E-state index contributed by atoms with van der Waals surface area (Å²) in [6, 6.07) is 0. The van der Waals surface area contributed by atoms with E-state index in [4.69, 9.17) is 0 Å². The summed E-state index contributed by atoms with van der Waals surface area (Å²) in [5.41, 5.74) is 0.794. The van der Waals surface area contributed by atoms with Gasteiger partial charge in [-0.25, -0.2) is 4.98 Å². The minimum absolute atomic E-state index is 0.254. The summed E-state index contributed by atoms with van der Waals surface area (Å²) in [5.74, 6) is 1.69.